The van der Waals surface area contributed by atoms with Crippen LogP contribution in [0.25, 0.3) is 0 Å². The topological polar surface area (TPSA) is 50.6 Å². The third kappa shape index (κ3) is 7.25. The zero-order valence-corrected chi connectivity index (χ0v) is 16.9. The number of aryl methyl sites for hydroxylation is 2. The fraction of sp³-hybridized carbons (Fsp3) is 0.389. The first kappa shape index (κ1) is 20.3. The third-order valence-electron chi connectivity index (χ3n) is 3.41. The van der Waals surface area contributed by atoms with Gasteiger partial charge < -0.3 is 19.9 Å². The highest BCUT2D eigenvalue weighted by atomic mass is 127. The second-order valence-electron chi connectivity index (χ2n) is 5.52. The summed E-state index contributed by atoms with van der Waals surface area (Å²) < 4.78 is 7.90. The van der Waals surface area contributed by atoms with E-state index in [1.165, 1.54) is 11.1 Å². The van der Waals surface area contributed by atoms with Crippen molar-refractivity contribution in [1.29, 1.82) is 0 Å². The predicted octanol–water partition coefficient (Wildman–Crippen LogP) is 2.97. The van der Waals surface area contributed by atoms with Crippen molar-refractivity contribution in [1.82, 2.24) is 15.2 Å². The summed E-state index contributed by atoms with van der Waals surface area (Å²) in [6.45, 7) is 7.19. The Morgan fingerprint density at radius 3 is 2.29 bits per heavy atom. The summed E-state index contributed by atoms with van der Waals surface area (Å²) >= 11 is 0. The molecule has 0 aliphatic heterocycles. The number of rotatable bonds is 7. The molecule has 0 spiro atoms. The maximum atomic E-state index is 5.78. The van der Waals surface area contributed by atoms with Gasteiger partial charge in [-0.25, -0.2) is 0 Å². The van der Waals surface area contributed by atoms with Crippen molar-refractivity contribution in [3.63, 3.8) is 0 Å². The highest BCUT2D eigenvalue weighted by Gasteiger charge is 1.99. The van der Waals surface area contributed by atoms with Gasteiger partial charge in [-0.2, -0.15) is 0 Å². The van der Waals surface area contributed by atoms with Crippen molar-refractivity contribution < 1.29 is 4.74 Å². The second-order valence-corrected chi connectivity index (χ2v) is 5.52. The van der Waals surface area contributed by atoms with E-state index >= 15 is 0 Å². The third-order valence-corrected chi connectivity index (χ3v) is 3.41. The number of nitrogens with one attached hydrogen (secondary N) is 2. The van der Waals surface area contributed by atoms with Crippen molar-refractivity contribution in [2.75, 3.05) is 26.7 Å². The summed E-state index contributed by atoms with van der Waals surface area (Å²) in [5.41, 5.74) is 2.44. The fourth-order valence-electron chi connectivity index (χ4n) is 2.40. The van der Waals surface area contributed by atoms with Crippen molar-refractivity contribution >= 4 is 29.9 Å². The van der Waals surface area contributed by atoms with E-state index in [0.29, 0.717) is 13.2 Å². The first-order valence-electron chi connectivity index (χ1n) is 7.94. The molecular formula is C18H27IN4O. The summed E-state index contributed by atoms with van der Waals surface area (Å²) in [6.07, 6.45) is 4.10. The van der Waals surface area contributed by atoms with E-state index in [4.69, 9.17) is 4.74 Å². The molecule has 2 aromatic rings. The number of aliphatic imine (C=N–C) groups is 1. The average molecular weight is 442 g/mol. The molecule has 0 atom stereocenters. The molecule has 0 bridgehead atoms. The minimum Gasteiger partial charge on any atom is -0.492 e. The predicted molar refractivity (Wildman–Crippen MR) is 111 cm³/mol. The molecule has 2 rings (SSSR count). The smallest absolute Gasteiger partial charge is 0.191 e. The molecule has 0 amide bonds. The van der Waals surface area contributed by atoms with Crippen LogP contribution in [0.5, 0.6) is 5.75 Å². The number of aromatic nitrogens is 1. The minimum absolute atomic E-state index is 0. The van der Waals surface area contributed by atoms with E-state index in [9.17, 15) is 0 Å². The highest BCUT2D eigenvalue weighted by Crippen LogP contribution is 2.15. The van der Waals surface area contributed by atoms with Crippen LogP contribution in [0.1, 0.15) is 11.1 Å². The van der Waals surface area contributed by atoms with Gasteiger partial charge in [-0.1, -0.05) is 6.07 Å². The Balaban J connectivity index is 0.00000288. The summed E-state index contributed by atoms with van der Waals surface area (Å²) in [5, 5.41) is 6.54. The molecule has 6 heteroatoms. The van der Waals surface area contributed by atoms with E-state index in [1.54, 1.807) is 7.05 Å². The second kappa shape index (κ2) is 11.0. The molecule has 1 heterocycles. The molecule has 5 nitrogen and oxygen atoms in total. The molecule has 0 aliphatic rings. The first-order chi connectivity index (χ1) is 11.2. The molecular weight excluding hydrogens is 415 g/mol. The van der Waals surface area contributed by atoms with Crippen LogP contribution in [0.3, 0.4) is 0 Å². The van der Waals surface area contributed by atoms with Crippen molar-refractivity contribution in [3.8, 4) is 5.75 Å². The molecule has 0 fully saturated rings. The highest BCUT2D eigenvalue weighted by molar-refractivity contribution is 14.0. The molecule has 1 aromatic heterocycles. The zero-order chi connectivity index (χ0) is 16.5. The molecule has 1 aromatic carbocycles. The molecule has 0 aliphatic carbocycles. The van der Waals surface area contributed by atoms with Gasteiger partial charge in [-0.15, -0.1) is 24.0 Å². The Morgan fingerprint density at radius 1 is 1.04 bits per heavy atom. The van der Waals surface area contributed by atoms with Gasteiger partial charge in [0.1, 0.15) is 12.4 Å². The number of nitrogens with zero attached hydrogens (tertiary/aromatic N) is 2. The van der Waals surface area contributed by atoms with Gasteiger partial charge in [0.2, 0.25) is 0 Å². The summed E-state index contributed by atoms with van der Waals surface area (Å²) in [5.74, 6) is 1.71. The molecule has 0 saturated heterocycles. The Hall–Kier alpha value is -1.70. The van der Waals surface area contributed by atoms with Crippen LogP contribution in [0.2, 0.25) is 0 Å². The zero-order valence-electron chi connectivity index (χ0n) is 14.6. The van der Waals surface area contributed by atoms with E-state index in [2.05, 4.69) is 64.6 Å². The van der Waals surface area contributed by atoms with Crippen molar-refractivity contribution in [3.05, 3.63) is 53.9 Å². The monoisotopic (exact) mass is 442 g/mol. The van der Waals surface area contributed by atoms with Gasteiger partial charge in [-0.05, 0) is 49.2 Å². The first-order valence-corrected chi connectivity index (χ1v) is 7.94. The van der Waals surface area contributed by atoms with E-state index in [0.717, 1.165) is 24.8 Å². The molecule has 0 unspecified atom stereocenters. The Labute approximate surface area is 161 Å². The molecule has 24 heavy (non-hydrogen) atoms. The number of benzene rings is 1. The Bertz CT molecular complexity index is 606. The van der Waals surface area contributed by atoms with E-state index in [-0.39, 0.29) is 24.0 Å². The Morgan fingerprint density at radius 2 is 1.67 bits per heavy atom. The number of guanidine groups is 1. The summed E-state index contributed by atoms with van der Waals surface area (Å²) in [4.78, 5) is 4.21. The van der Waals surface area contributed by atoms with Crippen molar-refractivity contribution in [2.24, 2.45) is 4.99 Å². The van der Waals surface area contributed by atoms with Crippen LogP contribution in [-0.2, 0) is 6.54 Å². The molecule has 2 N–H and O–H groups in total. The van der Waals surface area contributed by atoms with E-state index in [1.807, 2.05) is 12.1 Å². The lowest BCUT2D eigenvalue weighted by Crippen LogP contribution is -2.40. The maximum absolute atomic E-state index is 5.78. The quantitative estimate of drug-likeness (QED) is 0.300. The number of hydrogen-bond donors (Lipinski definition) is 2. The van der Waals surface area contributed by atoms with E-state index < -0.39 is 0 Å². The number of ether oxygens (including phenoxy) is 1. The van der Waals surface area contributed by atoms with Crippen LogP contribution < -0.4 is 15.4 Å². The van der Waals surface area contributed by atoms with Crippen LogP contribution in [0, 0.1) is 13.8 Å². The molecule has 132 valence electrons. The van der Waals surface area contributed by atoms with Crippen LogP contribution in [-0.4, -0.2) is 37.3 Å². The lowest BCUT2D eigenvalue weighted by Gasteiger charge is -2.13. The van der Waals surface area contributed by atoms with Gasteiger partial charge in [0.05, 0.1) is 6.54 Å². The fourth-order valence-corrected chi connectivity index (χ4v) is 2.40. The van der Waals surface area contributed by atoms with Gasteiger partial charge in [0.25, 0.3) is 0 Å². The van der Waals surface area contributed by atoms with Crippen LogP contribution in [0.4, 0.5) is 0 Å². The molecule has 0 saturated carbocycles. The lowest BCUT2D eigenvalue weighted by molar-refractivity contribution is 0.321. The average Bonchev–Trinajstić information content (AvgIpc) is 3.02. The normalized spacial score (nSPS) is 10.9. The van der Waals surface area contributed by atoms with Gasteiger partial charge in [0.15, 0.2) is 5.96 Å². The Kier molecular flexibility index (Phi) is 9.29. The van der Waals surface area contributed by atoms with Gasteiger partial charge in [-0.3, -0.25) is 4.99 Å². The summed E-state index contributed by atoms with van der Waals surface area (Å²) in [6, 6.07) is 10.3. The number of hydrogen-bond acceptors (Lipinski definition) is 2. The minimum atomic E-state index is 0. The van der Waals surface area contributed by atoms with Gasteiger partial charge >= 0.3 is 0 Å². The van der Waals surface area contributed by atoms with Crippen LogP contribution in [0.15, 0.2) is 47.7 Å². The van der Waals surface area contributed by atoms with Crippen molar-refractivity contribution in [2.45, 2.75) is 20.4 Å². The standard InChI is InChI=1S/C18H26N4O.HI/c1-15-12-16(2)14-17(13-15)23-11-7-21-18(19-3)20-6-10-22-8-4-5-9-22;/h4-5,8-9,12-14H,6-7,10-11H2,1-3H3,(H2,19,20,21);1H. The molecule has 0 radical (unpaired) electrons. The number of halogens is 1. The maximum Gasteiger partial charge on any atom is 0.191 e. The summed E-state index contributed by atoms with van der Waals surface area (Å²) in [7, 11) is 1.77. The van der Waals surface area contributed by atoms with Crippen LogP contribution >= 0.6 is 24.0 Å². The lowest BCUT2D eigenvalue weighted by atomic mass is 10.1. The SMILES string of the molecule is CN=C(NCCOc1cc(C)cc(C)c1)NCCn1cccc1.I. The van der Waals surface area contributed by atoms with Gasteiger partial charge in [0, 0.05) is 32.5 Å². The largest absolute Gasteiger partial charge is 0.492 e.